The van der Waals surface area contributed by atoms with Crippen LogP contribution in [0.1, 0.15) is 36.0 Å². The summed E-state index contributed by atoms with van der Waals surface area (Å²) < 4.78 is 10.3. The molecule has 4 heteroatoms. The highest BCUT2D eigenvalue weighted by Crippen LogP contribution is 2.29. The molecule has 2 N–H and O–H groups in total. The molecule has 1 aromatic carbocycles. The highest BCUT2D eigenvalue weighted by Gasteiger charge is 2.18. The summed E-state index contributed by atoms with van der Waals surface area (Å²) >= 11 is 0. The Balaban J connectivity index is 1.87. The van der Waals surface area contributed by atoms with Crippen molar-refractivity contribution >= 4 is 11.7 Å². The molecule has 0 atom stereocenters. The molecule has 1 aliphatic carbocycles. The van der Waals surface area contributed by atoms with Crippen molar-refractivity contribution in [3.05, 3.63) is 23.8 Å². The van der Waals surface area contributed by atoms with E-state index in [1.54, 1.807) is 18.2 Å². The Morgan fingerprint density at radius 3 is 2.83 bits per heavy atom. The number of hydrogen-bond acceptors (Lipinski definition) is 4. The molecule has 1 saturated carbocycles. The number of ether oxygens (including phenoxy) is 2. The van der Waals surface area contributed by atoms with E-state index in [9.17, 15) is 4.79 Å². The lowest BCUT2D eigenvalue weighted by atomic mass is 9.83. The molecule has 0 spiro atoms. The molecular formula is C14H19NO3. The SMILES string of the molecule is COc1cc(C(=O)OCCC2CCC2)ccc1N. The second kappa shape index (κ2) is 5.76. The zero-order valence-corrected chi connectivity index (χ0v) is 10.6. The number of hydrogen-bond donors (Lipinski definition) is 1. The largest absolute Gasteiger partial charge is 0.495 e. The van der Waals surface area contributed by atoms with Crippen LogP contribution in [0.25, 0.3) is 0 Å². The van der Waals surface area contributed by atoms with Gasteiger partial charge in [0.1, 0.15) is 5.75 Å². The Morgan fingerprint density at radius 2 is 2.22 bits per heavy atom. The molecular weight excluding hydrogens is 230 g/mol. The first-order valence-corrected chi connectivity index (χ1v) is 6.31. The lowest BCUT2D eigenvalue weighted by Crippen LogP contribution is -2.15. The molecule has 18 heavy (non-hydrogen) atoms. The average molecular weight is 249 g/mol. The van der Waals surface area contributed by atoms with E-state index >= 15 is 0 Å². The highest BCUT2D eigenvalue weighted by atomic mass is 16.5. The standard InChI is InChI=1S/C14H19NO3/c1-17-13-9-11(5-6-12(13)15)14(16)18-8-7-10-3-2-4-10/h5-6,9-10H,2-4,7-8,15H2,1H3. The Hall–Kier alpha value is -1.71. The van der Waals surface area contributed by atoms with Gasteiger partial charge in [0.05, 0.1) is 25.0 Å². The molecule has 1 aromatic rings. The predicted molar refractivity (Wildman–Crippen MR) is 69.6 cm³/mol. The third kappa shape index (κ3) is 2.94. The highest BCUT2D eigenvalue weighted by molar-refractivity contribution is 5.90. The van der Waals surface area contributed by atoms with E-state index in [0.717, 1.165) is 12.3 Å². The lowest BCUT2D eigenvalue weighted by molar-refractivity contribution is 0.0464. The molecule has 1 fully saturated rings. The molecule has 4 nitrogen and oxygen atoms in total. The van der Waals surface area contributed by atoms with Gasteiger partial charge in [0, 0.05) is 0 Å². The number of rotatable bonds is 5. The van der Waals surface area contributed by atoms with Crippen molar-refractivity contribution in [2.45, 2.75) is 25.7 Å². The van der Waals surface area contributed by atoms with Crippen LogP contribution in [0.3, 0.4) is 0 Å². The minimum absolute atomic E-state index is 0.312. The van der Waals surface area contributed by atoms with Gasteiger partial charge in [0.2, 0.25) is 0 Å². The third-order valence-electron chi connectivity index (χ3n) is 3.45. The van der Waals surface area contributed by atoms with Crippen LogP contribution < -0.4 is 10.5 Å². The van der Waals surface area contributed by atoms with Crippen LogP contribution in [0.4, 0.5) is 5.69 Å². The monoisotopic (exact) mass is 249 g/mol. The fourth-order valence-electron chi connectivity index (χ4n) is 2.02. The van der Waals surface area contributed by atoms with Gasteiger partial charge in [-0.3, -0.25) is 0 Å². The van der Waals surface area contributed by atoms with Gasteiger partial charge in [-0.05, 0) is 30.5 Å². The topological polar surface area (TPSA) is 61.5 Å². The maximum absolute atomic E-state index is 11.8. The molecule has 0 bridgehead atoms. The van der Waals surface area contributed by atoms with E-state index in [2.05, 4.69) is 0 Å². The summed E-state index contributed by atoms with van der Waals surface area (Å²) in [5.41, 5.74) is 6.69. The third-order valence-corrected chi connectivity index (χ3v) is 3.45. The smallest absolute Gasteiger partial charge is 0.338 e. The molecule has 0 saturated heterocycles. The van der Waals surface area contributed by atoms with E-state index in [-0.39, 0.29) is 5.97 Å². The second-order valence-corrected chi connectivity index (χ2v) is 4.68. The first-order valence-electron chi connectivity index (χ1n) is 6.31. The normalized spacial score (nSPS) is 14.9. The van der Waals surface area contributed by atoms with Crippen molar-refractivity contribution in [3.63, 3.8) is 0 Å². The summed E-state index contributed by atoms with van der Waals surface area (Å²) in [5, 5.41) is 0. The number of esters is 1. The van der Waals surface area contributed by atoms with E-state index in [4.69, 9.17) is 15.2 Å². The van der Waals surface area contributed by atoms with Gasteiger partial charge in [-0.25, -0.2) is 4.79 Å². The quantitative estimate of drug-likeness (QED) is 0.643. The molecule has 1 aliphatic rings. The van der Waals surface area contributed by atoms with Gasteiger partial charge in [0.15, 0.2) is 0 Å². The van der Waals surface area contributed by atoms with E-state index < -0.39 is 0 Å². The van der Waals surface area contributed by atoms with E-state index in [0.29, 0.717) is 23.6 Å². The van der Waals surface area contributed by atoms with Crippen molar-refractivity contribution in [2.75, 3.05) is 19.5 Å². The summed E-state index contributed by atoms with van der Waals surface area (Å²) in [6, 6.07) is 4.92. The first kappa shape index (κ1) is 12.7. The second-order valence-electron chi connectivity index (χ2n) is 4.68. The Morgan fingerprint density at radius 1 is 1.44 bits per heavy atom. The summed E-state index contributed by atoms with van der Waals surface area (Å²) in [6.45, 7) is 0.496. The van der Waals surface area contributed by atoms with Crippen LogP contribution in [0.5, 0.6) is 5.75 Å². The maximum atomic E-state index is 11.8. The number of benzene rings is 1. The molecule has 0 radical (unpaired) electrons. The van der Waals surface area contributed by atoms with Crippen LogP contribution in [0, 0.1) is 5.92 Å². The van der Waals surface area contributed by atoms with Crippen LogP contribution in [-0.4, -0.2) is 19.7 Å². The maximum Gasteiger partial charge on any atom is 0.338 e. The molecule has 0 aromatic heterocycles. The van der Waals surface area contributed by atoms with Gasteiger partial charge in [-0.2, -0.15) is 0 Å². The number of nitrogen functional groups attached to an aromatic ring is 1. The van der Waals surface area contributed by atoms with E-state index in [1.165, 1.54) is 26.4 Å². The Labute approximate surface area is 107 Å². The van der Waals surface area contributed by atoms with Gasteiger partial charge < -0.3 is 15.2 Å². The fraction of sp³-hybridized carbons (Fsp3) is 0.500. The molecule has 0 unspecified atom stereocenters. The molecule has 0 amide bonds. The minimum atomic E-state index is -0.312. The molecule has 98 valence electrons. The summed E-state index contributed by atoms with van der Waals surface area (Å²) in [7, 11) is 1.53. The van der Waals surface area contributed by atoms with Crippen molar-refractivity contribution in [1.29, 1.82) is 0 Å². The minimum Gasteiger partial charge on any atom is -0.495 e. The number of methoxy groups -OCH3 is 1. The summed E-state index contributed by atoms with van der Waals surface area (Å²) in [5.74, 6) is 0.940. The van der Waals surface area contributed by atoms with Crippen LogP contribution in [0.2, 0.25) is 0 Å². The molecule has 0 aliphatic heterocycles. The van der Waals surface area contributed by atoms with Crippen LogP contribution in [-0.2, 0) is 4.74 Å². The van der Waals surface area contributed by atoms with Gasteiger partial charge in [-0.1, -0.05) is 19.3 Å². The fourth-order valence-corrected chi connectivity index (χ4v) is 2.02. The molecule has 2 rings (SSSR count). The van der Waals surface area contributed by atoms with Crippen molar-refractivity contribution in [1.82, 2.24) is 0 Å². The number of anilines is 1. The van der Waals surface area contributed by atoms with Crippen LogP contribution >= 0.6 is 0 Å². The summed E-state index contributed by atoms with van der Waals surface area (Å²) in [4.78, 5) is 11.8. The van der Waals surface area contributed by atoms with Crippen molar-refractivity contribution in [2.24, 2.45) is 5.92 Å². The van der Waals surface area contributed by atoms with Crippen molar-refractivity contribution in [3.8, 4) is 5.75 Å². The Kier molecular flexibility index (Phi) is 4.07. The van der Waals surface area contributed by atoms with E-state index in [1.807, 2.05) is 0 Å². The number of carbonyl (C=O) groups is 1. The van der Waals surface area contributed by atoms with Crippen LogP contribution in [0.15, 0.2) is 18.2 Å². The van der Waals surface area contributed by atoms with Gasteiger partial charge >= 0.3 is 5.97 Å². The first-order chi connectivity index (χ1) is 8.70. The average Bonchev–Trinajstić information content (AvgIpc) is 2.32. The van der Waals surface area contributed by atoms with Crippen molar-refractivity contribution < 1.29 is 14.3 Å². The zero-order valence-electron chi connectivity index (χ0n) is 10.6. The van der Waals surface area contributed by atoms with Gasteiger partial charge in [0.25, 0.3) is 0 Å². The molecule has 0 heterocycles. The summed E-state index contributed by atoms with van der Waals surface area (Å²) in [6.07, 6.45) is 4.83. The predicted octanol–water partition coefficient (Wildman–Crippen LogP) is 2.62. The number of nitrogens with two attached hydrogens (primary N) is 1. The lowest BCUT2D eigenvalue weighted by Gasteiger charge is -2.24. The zero-order chi connectivity index (χ0) is 13.0. The Bertz CT molecular complexity index is 427. The number of carbonyl (C=O) groups excluding carboxylic acids is 1. The van der Waals surface area contributed by atoms with Gasteiger partial charge in [-0.15, -0.1) is 0 Å².